The van der Waals surface area contributed by atoms with E-state index in [4.69, 9.17) is 4.74 Å². The zero-order valence-corrected chi connectivity index (χ0v) is 10.2. The molecule has 0 aromatic carbocycles. The van der Waals surface area contributed by atoms with Crippen LogP contribution in [0.3, 0.4) is 0 Å². The lowest BCUT2D eigenvalue weighted by atomic mass is 10.2. The van der Waals surface area contributed by atoms with Gasteiger partial charge in [-0.25, -0.2) is 4.79 Å². The Morgan fingerprint density at radius 1 is 1.53 bits per heavy atom. The van der Waals surface area contributed by atoms with E-state index in [0.29, 0.717) is 10.8 Å². The van der Waals surface area contributed by atoms with Crippen molar-refractivity contribution in [2.45, 2.75) is 26.4 Å². The highest BCUT2D eigenvalue weighted by atomic mass is 32.2. The zero-order valence-electron chi connectivity index (χ0n) is 9.36. The number of nitrogens with zero attached hydrogens (tertiary/aromatic N) is 1. The average molecular weight is 229 g/mol. The summed E-state index contributed by atoms with van der Waals surface area (Å²) in [5.74, 6) is -0.00754. The van der Waals surface area contributed by atoms with Gasteiger partial charge in [0.15, 0.2) is 0 Å². The fraction of sp³-hybridized carbons (Fsp3) is 0.600. The molecule has 84 valence electrons. The van der Waals surface area contributed by atoms with Crippen molar-refractivity contribution in [2.75, 3.05) is 12.8 Å². The molecule has 1 aliphatic rings. The maximum atomic E-state index is 11.4. The Morgan fingerprint density at radius 2 is 2.13 bits per heavy atom. The molecular weight excluding hydrogens is 214 g/mol. The molecule has 1 amide bonds. The fourth-order valence-electron chi connectivity index (χ4n) is 1.02. The van der Waals surface area contributed by atoms with Gasteiger partial charge in [0.2, 0.25) is 5.91 Å². The number of hydrogen-bond acceptors (Lipinski definition) is 4. The molecule has 0 bridgehead atoms. The van der Waals surface area contributed by atoms with Crippen molar-refractivity contribution in [3.63, 3.8) is 0 Å². The lowest BCUT2D eigenvalue weighted by molar-refractivity contribution is -0.148. The van der Waals surface area contributed by atoms with Crippen LogP contribution in [0.15, 0.2) is 11.1 Å². The van der Waals surface area contributed by atoms with E-state index in [2.05, 4.69) is 0 Å². The van der Waals surface area contributed by atoms with Crippen LogP contribution in [0.25, 0.3) is 0 Å². The molecule has 0 atom stereocenters. The number of thioether (sulfide) groups is 1. The summed E-state index contributed by atoms with van der Waals surface area (Å²) in [7, 11) is 1.65. The topological polar surface area (TPSA) is 46.6 Å². The minimum Gasteiger partial charge on any atom is -0.457 e. The number of amides is 1. The molecule has 1 aliphatic heterocycles. The third kappa shape index (κ3) is 3.58. The largest absolute Gasteiger partial charge is 0.457 e. The van der Waals surface area contributed by atoms with Crippen molar-refractivity contribution < 1.29 is 14.3 Å². The maximum Gasteiger partial charge on any atom is 0.333 e. The molecule has 1 heterocycles. The van der Waals surface area contributed by atoms with Gasteiger partial charge in [-0.05, 0) is 20.8 Å². The predicted molar refractivity (Wildman–Crippen MR) is 59.2 cm³/mol. The lowest BCUT2D eigenvalue weighted by Crippen LogP contribution is -2.24. The second-order valence-electron chi connectivity index (χ2n) is 4.26. The third-order valence-electron chi connectivity index (χ3n) is 1.70. The first-order valence-electron chi connectivity index (χ1n) is 4.63. The Balaban J connectivity index is 2.64. The van der Waals surface area contributed by atoms with Gasteiger partial charge >= 0.3 is 5.97 Å². The molecule has 1 fully saturated rings. The van der Waals surface area contributed by atoms with E-state index in [1.54, 1.807) is 27.8 Å². The van der Waals surface area contributed by atoms with Gasteiger partial charge in [-0.3, -0.25) is 4.79 Å². The standard InChI is InChI=1S/C10H15NO3S/c1-10(2,3)14-9(13)5-8-11(4)7(12)6-15-8/h5H,6H2,1-4H3/b8-5-. The van der Waals surface area contributed by atoms with Crippen LogP contribution in [-0.2, 0) is 14.3 Å². The van der Waals surface area contributed by atoms with Crippen molar-refractivity contribution in [1.82, 2.24) is 4.90 Å². The molecule has 5 heteroatoms. The number of carbonyl (C=O) groups excluding carboxylic acids is 2. The van der Waals surface area contributed by atoms with Gasteiger partial charge in [-0.15, -0.1) is 0 Å². The van der Waals surface area contributed by atoms with E-state index in [1.165, 1.54) is 22.7 Å². The van der Waals surface area contributed by atoms with E-state index in [9.17, 15) is 9.59 Å². The molecule has 15 heavy (non-hydrogen) atoms. The van der Waals surface area contributed by atoms with Gasteiger partial charge in [0.1, 0.15) is 5.60 Å². The Labute approximate surface area is 93.6 Å². The summed E-state index contributed by atoms with van der Waals surface area (Å²) < 4.78 is 5.12. The van der Waals surface area contributed by atoms with Crippen LogP contribution >= 0.6 is 11.8 Å². The summed E-state index contributed by atoms with van der Waals surface area (Å²) in [6.07, 6.45) is 1.36. The van der Waals surface area contributed by atoms with E-state index >= 15 is 0 Å². The van der Waals surface area contributed by atoms with Crippen molar-refractivity contribution in [1.29, 1.82) is 0 Å². The first-order valence-corrected chi connectivity index (χ1v) is 5.62. The number of hydrogen-bond donors (Lipinski definition) is 0. The summed E-state index contributed by atoms with van der Waals surface area (Å²) in [5, 5.41) is 0.647. The average Bonchev–Trinajstić information content (AvgIpc) is 2.32. The van der Waals surface area contributed by atoms with Crippen molar-refractivity contribution >= 4 is 23.6 Å². The second-order valence-corrected chi connectivity index (χ2v) is 5.25. The molecule has 0 unspecified atom stereocenters. The normalized spacial score (nSPS) is 19.9. The van der Waals surface area contributed by atoms with Crippen LogP contribution in [0.4, 0.5) is 0 Å². The Bertz CT molecular complexity index is 317. The summed E-state index contributed by atoms with van der Waals surface area (Å²) in [5.41, 5.74) is -0.500. The van der Waals surface area contributed by atoms with Gasteiger partial charge in [-0.1, -0.05) is 11.8 Å². The SMILES string of the molecule is CN1C(=O)CS/C1=C\C(=O)OC(C)(C)C. The summed E-state index contributed by atoms with van der Waals surface area (Å²) in [6, 6.07) is 0. The minimum atomic E-state index is -0.500. The second kappa shape index (κ2) is 4.26. The third-order valence-corrected chi connectivity index (χ3v) is 2.78. The molecule has 0 saturated carbocycles. The van der Waals surface area contributed by atoms with Gasteiger partial charge < -0.3 is 9.64 Å². The maximum absolute atomic E-state index is 11.4. The number of ether oxygens (including phenoxy) is 1. The number of carbonyl (C=O) groups is 2. The molecule has 0 spiro atoms. The lowest BCUT2D eigenvalue weighted by Gasteiger charge is -2.18. The van der Waals surface area contributed by atoms with Crippen molar-refractivity contribution in [2.24, 2.45) is 0 Å². The zero-order chi connectivity index (χ0) is 11.6. The van der Waals surface area contributed by atoms with Gasteiger partial charge in [0, 0.05) is 7.05 Å². The summed E-state index contributed by atoms with van der Waals surface area (Å²) in [6.45, 7) is 5.42. The Morgan fingerprint density at radius 3 is 2.53 bits per heavy atom. The number of esters is 1. The molecule has 0 N–H and O–H groups in total. The Kier molecular flexibility index (Phi) is 3.44. The highest BCUT2D eigenvalue weighted by Gasteiger charge is 2.24. The van der Waals surface area contributed by atoms with Crippen LogP contribution in [0, 0.1) is 0 Å². The van der Waals surface area contributed by atoms with Gasteiger partial charge in [0.25, 0.3) is 0 Å². The van der Waals surface area contributed by atoms with E-state index in [1.807, 2.05) is 0 Å². The van der Waals surface area contributed by atoms with Gasteiger partial charge in [-0.2, -0.15) is 0 Å². The molecule has 0 aromatic heterocycles. The predicted octanol–water partition coefficient (Wildman–Crippen LogP) is 1.37. The minimum absolute atomic E-state index is 0.00908. The van der Waals surface area contributed by atoms with Crippen LogP contribution < -0.4 is 0 Å². The van der Waals surface area contributed by atoms with Crippen molar-refractivity contribution in [3.05, 3.63) is 11.1 Å². The molecule has 1 saturated heterocycles. The van der Waals surface area contributed by atoms with Crippen LogP contribution in [0.5, 0.6) is 0 Å². The van der Waals surface area contributed by atoms with E-state index in [-0.39, 0.29) is 5.91 Å². The molecule has 0 radical (unpaired) electrons. The van der Waals surface area contributed by atoms with Crippen LogP contribution in [0.2, 0.25) is 0 Å². The first kappa shape index (κ1) is 12.1. The molecule has 0 aromatic rings. The fourth-order valence-corrected chi connectivity index (χ4v) is 1.96. The Hall–Kier alpha value is -0.970. The first-order chi connectivity index (χ1) is 6.79. The highest BCUT2D eigenvalue weighted by molar-refractivity contribution is 8.04. The van der Waals surface area contributed by atoms with E-state index < -0.39 is 11.6 Å². The summed E-state index contributed by atoms with van der Waals surface area (Å²) in [4.78, 5) is 24.0. The van der Waals surface area contributed by atoms with E-state index in [0.717, 1.165) is 0 Å². The highest BCUT2D eigenvalue weighted by Crippen LogP contribution is 2.27. The van der Waals surface area contributed by atoms with Crippen molar-refractivity contribution in [3.8, 4) is 0 Å². The van der Waals surface area contributed by atoms with Crippen LogP contribution in [0.1, 0.15) is 20.8 Å². The smallest absolute Gasteiger partial charge is 0.333 e. The van der Waals surface area contributed by atoms with Gasteiger partial charge in [0.05, 0.1) is 16.9 Å². The molecule has 1 rings (SSSR count). The monoisotopic (exact) mass is 229 g/mol. The van der Waals surface area contributed by atoms with Crippen LogP contribution in [-0.4, -0.2) is 35.2 Å². The molecular formula is C10H15NO3S. The molecule has 0 aliphatic carbocycles. The quantitative estimate of drug-likeness (QED) is 0.503. The summed E-state index contributed by atoms with van der Waals surface area (Å²) >= 11 is 1.35. The number of rotatable bonds is 1. The molecule has 4 nitrogen and oxygen atoms in total.